The zero-order valence-corrected chi connectivity index (χ0v) is 15.8. The largest absolute Gasteiger partial charge is 0.353 e. The minimum Gasteiger partial charge on any atom is -0.353 e. The van der Waals surface area contributed by atoms with E-state index in [2.05, 4.69) is 49.6 Å². The number of benzene rings is 1. The normalized spacial score (nSPS) is 15.7. The van der Waals surface area contributed by atoms with Crippen LogP contribution in [-0.2, 0) is 6.54 Å². The maximum absolute atomic E-state index is 12.1. The number of rotatable bonds is 4. The van der Waals surface area contributed by atoms with Crippen molar-refractivity contribution in [1.29, 1.82) is 0 Å². The van der Waals surface area contributed by atoms with Gasteiger partial charge in [0, 0.05) is 38.3 Å². The molecule has 1 aromatic heterocycles. The van der Waals surface area contributed by atoms with Crippen molar-refractivity contribution < 1.29 is 4.79 Å². The lowest BCUT2D eigenvalue weighted by molar-refractivity contribution is 0.0913. The Morgan fingerprint density at radius 2 is 1.69 bits per heavy atom. The fourth-order valence-electron chi connectivity index (χ4n) is 3.00. The summed E-state index contributed by atoms with van der Waals surface area (Å²) in [4.78, 5) is 16.8. The first kappa shape index (κ1) is 18.3. The van der Waals surface area contributed by atoms with Crippen LogP contribution in [0.5, 0.6) is 0 Å². The molecule has 1 saturated heterocycles. The van der Waals surface area contributed by atoms with Crippen LogP contribution >= 0.6 is 0 Å². The van der Waals surface area contributed by atoms with Gasteiger partial charge < -0.3 is 10.2 Å². The topological polar surface area (TPSA) is 61.4 Å². The first-order chi connectivity index (χ1) is 12.4. The quantitative estimate of drug-likeness (QED) is 0.914. The Morgan fingerprint density at radius 1 is 1.00 bits per heavy atom. The van der Waals surface area contributed by atoms with Crippen LogP contribution in [0.2, 0.25) is 0 Å². The van der Waals surface area contributed by atoms with E-state index >= 15 is 0 Å². The molecule has 2 heterocycles. The molecule has 1 aromatic carbocycles. The van der Waals surface area contributed by atoms with Crippen molar-refractivity contribution in [3.8, 4) is 0 Å². The van der Waals surface area contributed by atoms with Gasteiger partial charge in [0.15, 0.2) is 11.5 Å². The van der Waals surface area contributed by atoms with Gasteiger partial charge in [-0.25, -0.2) is 0 Å². The number of hydrogen-bond donors (Lipinski definition) is 1. The highest BCUT2D eigenvalue weighted by molar-refractivity contribution is 5.92. The molecule has 138 valence electrons. The Bertz CT molecular complexity index is 716. The molecule has 1 aliphatic heterocycles. The van der Waals surface area contributed by atoms with Crippen LogP contribution in [0, 0.1) is 0 Å². The number of nitrogens with one attached hydrogen (secondary N) is 1. The van der Waals surface area contributed by atoms with E-state index in [4.69, 9.17) is 0 Å². The van der Waals surface area contributed by atoms with Crippen LogP contribution in [0.15, 0.2) is 42.5 Å². The highest BCUT2D eigenvalue weighted by atomic mass is 16.2. The second kappa shape index (κ2) is 7.83. The Labute approximate surface area is 155 Å². The van der Waals surface area contributed by atoms with Crippen LogP contribution < -0.4 is 10.2 Å². The Kier molecular flexibility index (Phi) is 5.52. The average Bonchev–Trinajstić information content (AvgIpc) is 2.62. The average molecular weight is 353 g/mol. The molecule has 1 amide bonds. The predicted octanol–water partition coefficient (Wildman–Crippen LogP) is 2.33. The molecule has 0 unspecified atom stereocenters. The molecule has 0 atom stereocenters. The molecule has 6 heteroatoms. The maximum atomic E-state index is 12.1. The minimum atomic E-state index is -0.285. The molecule has 1 fully saturated rings. The number of carbonyl (C=O) groups excluding carboxylic acids is 1. The molecule has 26 heavy (non-hydrogen) atoms. The van der Waals surface area contributed by atoms with E-state index in [1.807, 2.05) is 32.9 Å². The summed E-state index contributed by atoms with van der Waals surface area (Å²) < 4.78 is 0. The van der Waals surface area contributed by atoms with Crippen LogP contribution in [0.1, 0.15) is 36.8 Å². The van der Waals surface area contributed by atoms with Crippen molar-refractivity contribution in [2.24, 2.45) is 0 Å². The zero-order chi connectivity index (χ0) is 18.6. The predicted molar refractivity (Wildman–Crippen MR) is 103 cm³/mol. The molecule has 3 rings (SSSR count). The number of piperazine rings is 1. The standard InChI is InChI=1S/C20H27N5O/c1-20(2,3)21-19(26)17-9-10-18(23-22-17)25-13-11-24(12-14-25)15-16-7-5-4-6-8-16/h4-10H,11-15H2,1-3H3,(H,21,26). The molecule has 0 bridgehead atoms. The summed E-state index contributed by atoms with van der Waals surface area (Å²) in [6.45, 7) is 10.6. The Morgan fingerprint density at radius 3 is 2.27 bits per heavy atom. The van der Waals surface area contributed by atoms with Crippen molar-refractivity contribution in [1.82, 2.24) is 20.4 Å². The number of nitrogens with zero attached hydrogens (tertiary/aromatic N) is 4. The third-order valence-electron chi connectivity index (χ3n) is 4.32. The van der Waals surface area contributed by atoms with Gasteiger partial charge in [-0.15, -0.1) is 10.2 Å². The minimum absolute atomic E-state index is 0.191. The highest BCUT2D eigenvalue weighted by Crippen LogP contribution is 2.15. The zero-order valence-electron chi connectivity index (χ0n) is 15.8. The van der Waals surface area contributed by atoms with E-state index in [-0.39, 0.29) is 11.4 Å². The molecule has 1 aliphatic rings. The van der Waals surface area contributed by atoms with E-state index in [9.17, 15) is 4.79 Å². The number of amides is 1. The number of carbonyl (C=O) groups is 1. The summed E-state index contributed by atoms with van der Waals surface area (Å²) >= 11 is 0. The summed E-state index contributed by atoms with van der Waals surface area (Å²) in [7, 11) is 0. The van der Waals surface area contributed by atoms with E-state index in [0.29, 0.717) is 5.69 Å². The van der Waals surface area contributed by atoms with Gasteiger partial charge in [-0.1, -0.05) is 30.3 Å². The molecule has 1 N–H and O–H groups in total. The molecular formula is C20H27N5O. The van der Waals surface area contributed by atoms with Gasteiger partial charge in [0.2, 0.25) is 0 Å². The molecule has 2 aromatic rings. The second-order valence-electron chi connectivity index (χ2n) is 7.73. The summed E-state index contributed by atoms with van der Waals surface area (Å²) in [5.74, 6) is 0.640. The fourth-order valence-corrected chi connectivity index (χ4v) is 3.00. The maximum Gasteiger partial charge on any atom is 0.272 e. The van der Waals surface area contributed by atoms with Gasteiger partial charge in [0.25, 0.3) is 5.91 Å². The number of anilines is 1. The Hall–Kier alpha value is -2.47. The van der Waals surface area contributed by atoms with Gasteiger partial charge in [-0.05, 0) is 38.5 Å². The van der Waals surface area contributed by atoms with Crippen LogP contribution in [0.25, 0.3) is 0 Å². The first-order valence-electron chi connectivity index (χ1n) is 9.08. The van der Waals surface area contributed by atoms with Gasteiger partial charge in [-0.3, -0.25) is 9.69 Å². The highest BCUT2D eigenvalue weighted by Gasteiger charge is 2.20. The van der Waals surface area contributed by atoms with Crippen molar-refractivity contribution in [3.63, 3.8) is 0 Å². The summed E-state index contributed by atoms with van der Waals surface area (Å²) in [6.07, 6.45) is 0. The summed E-state index contributed by atoms with van der Waals surface area (Å²) in [6, 6.07) is 14.2. The molecule has 0 aliphatic carbocycles. The van der Waals surface area contributed by atoms with Crippen LogP contribution in [-0.4, -0.2) is 52.7 Å². The number of aromatic nitrogens is 2. The van der Waals surface area contributed by atoms with Gasteiger partial charge in [-0.2, -0.15) is 0 Å². The van der Waals surface area contributed by atoms with Crippen molar-refractivity contribution in [3.05, 3.63) is 53.7 Å². The lowest BCUT2D eigenvalue weighted by Crippen LogP contribution is -2.46. The molecule has 6 nitrogen and oxygen atoms in total. The summed E-state index contributed by atoms with van der Waals surface area (Å²) in [5.41, 5.74) is 1.41. The fraction of sp³-hybridized carbons (Fsp3) is 0.450. The third kappa shape index (κ3) is 5.02. The second-order valence-corrected chi connectivity index (χ2v) is 7.73. The van der Waals surface area contributed by atoms with Crippen molar-refractivity contribution in [2.75, 3.05) is 31.1 Å². The monoisotopic (exact) mass is 353 g/mol. The van der Waals surface area contributed by atoms with Gasteiger partial charge >= 0.3 is 0 Å². The molecule has 0 radical (unpaired) electrons. The van der Waals surface area contributed by atoms with Crippen LogP contribution in [0.4, 0.5) is 5.82 Å². The third-order valence-corrected chi connectivity index (χ3v) is 4.32. The Balaban J connectivity index is 1.54. The smallest absolute Gasteiger partial charge is 0.272 e. The van der Waals surface area contributed by atoms with E-state index < -0.39 is 0 Å². The van der Waals surface area contributed by atoms with E-state index in [1.54, 1.807) is 6.07 Å². The first-order valence-corrected chi connectivity index (χ1v) is 9.08. The lowest BCUT2D eigenvalue weighted by Gasteiger charge is -2.35. The molecular weight excluding hydrogens is 326 g/mol. The number of hydrogen-bond acceptors (Lipinski definition) is 5. The molecule has 0 spiro atoms. The van der Waals surface area contributed by atoms with Crippen LogP contribution in [0.3, 0.4) is 0 Å². The molecule has 0 saturated carbocycles. The van der Waals surface area contributed by atoms with E-state index in [1.165, 1.54) is 5.56 Å². The summed E-state index contributed by atoms with van der Waals surface area (Å²) in [5, 5.41) is 11.3. The van der Waals surface area contributed by atoms with Crippen molar-refractivity contribution in [2.45, 2.75) is 32.9 Å². The van der Waals surface area contributed by atoms with Gasteiger partial charge in [0.1, 0.15) is 0 Å². The van der Waals surface area contributed by atoms with Crippen molar-refractivity contribution >= 4 is 11.7 Å². The SMILES string of the molecule is CC(C)(C)NC(=O)c1ccc(N2CCN(Cc3ccccc3)CC2)nn1. The van der Waals surface area contributed by atoms with E-state index in [0.717, 1.165) is 38.5 Å². The lowest BCUT2D eigenvalue weighted by atomic mass is 10.1. The van der Waals surface area contributed by atoms with Gasteiger partial charge in [0.05, 0.1) is 0 Å².